The van der Waals surface area contributed by atoms with Crippen molar-refractivity contribution in [2.24, 2.45) is 5.73 Å². The molecule has 0 atom stereocenters. The van der Waals surface area contributed by atoms with Gasteiger partial charge in [0.05, 0.1) is 0 Å². The first kappa shape index (κ1) is 12.0. The molecular formula is C12H16N4S. The summed E-state index contributed by atoms with van der Waals surface area (Å²) in [5.74, 6) is 0. The summed E-state index contributed by atoms with van der Waals surface area (Å²) in [5.41, 5.74) is 6.82. The van der Waals surface area contributed by atoms with E-state index >= 15 is 0 Å². The monoisotopic (exact) mass is 248 g/mol. The van der Waals surface area contributed by atoms with E-state index in [2.05, 4.69) is 46.3 Å². The largest absolute Gasteiger partial charge is 0.343 e. The van der Waals surface area contributed by atoms with E-state index in [-0.39, 0.29) is 0 Å². The number of nitrogens with zero attached hydrogens (tertiary/aromatic N) is 3. The van der Waals surface area contributed by atoms with Crippen molar-refractivity contribution in [3.63, 3.8) is 0 Å². The predicted molar refractivity (Wildman–Crippen MR) is 71.0 cm³/mol. The minimum Gasteiger partial charge on any atom is -0.343 e. The van der Waals surface area contributed by atoms with Gasteiger partial charge in [0.15, 0.2) is 0 Å². The lowest BCUT2D eigenvalue weighted by Crippen LogP contribution is -2.21. The van der Waals surface area contributed by atoms with Gasteiger partial charge in [0.25, 0.3) is 0 Å². The lowest BCUT2D eigenvalue weighted by molar-refractivity contribution is 0.811. The molecule has 2 aromatic rings. The Labute approximate surface area is 105 Å². The van der Waals surface area contributed by atoms with Crippen molar-refractivity contribution in [3.8, 4) is 0 Å². The molecule has 1 aromatic carbocycles. The fraction of sp³-hybridized carbons (Fsp3) is 0.333. The van der Waals surface area contributed by atoms with Crippen molar-refractivity contribution in [1.29, 1.82) is 0 Å². The van der Waals surface area contributed by atoms with Gasteiger partial charge in [-0.2, -0.15) is 0 Å². The smallest absolute Gasteiger partial charge is 0.208 e. The Morgan fingerprint density at radius 2 is 2.00 bits per heavy atom. The van der Waals surface area contributed by atoms with Crippen LogP contribution in [0.3, 0.4) is 0 Å². The van der Waals surface area contributed by atoms with Crippen LogP contribution in [0.2, 0.25) is 0 Å². The fourth-order valence-corrected chi connectivity index (χ4v) is 2.35. The number of anilines is 1. The molecule has 1 aromatic heterocycles. The van der Waals surface area contributed by atoms with Crippen LogP contribution in [0.15, 0.2) is 30.3 Å². The van der Waals surface area contributed by atoms with Crippen molar-refractivity contribution >= 4 is 16.5 Å². The van der Waals surface area contributed by atoms with E-state index in [1.165, 1.54) is 5.56 Å². The maximum absolute atomic E-state index is 5.55. The third-order valence-electron chi connectivity index (χ3n) is 2.50. The Hall–Kier alpha value is -1.46. The summed E-state index contributed by atoms with van der Waals surface area (Å²) in [6, 6.07) is 10.4. The molecule has 4 nitrogen and oxygen atoms in total. The molecule has 90 valence electrons. The number of nitrogens with two attached hydrogens (primary N) is 1. The zero-order valence-electron chi connectivity index (χ0n) is 9.84. The van der Waals surface area contributed by atoms with Gasteiger partial charge in [-0.15, -0.1) is 10.2 Å². The van der Waals surface area contributed by atoms with Crippen LogP contribution in [-0.4, -0.2) is 16.7 Å². The van der Waals surface area contributed by atoms with Crippen molar-refractivity contribution < 1.29 is 0 Å². The van der Waals surface area contributed by atoms with Crippen LogP contribution >= 0.6 is 11.3 Å². The van der Waals surface area contributed by atoms with Crippen LogP contribution in [0.5, 0.6) is 0 Å². The normalized spacial score (nSPS) is 10.5. The Morgan fingerprint density at radius 1 is 1.24 bits per heavy atom. The van der Waals surface area contributed by atoms with Crippen LogP contribution < -0.4 is 10.6 Å². The van der Waals surface area contributed by atoms with Gasteiger partial charge >= 0.3 is 0 Å². The summed E-state index contributed by atoms with van der Waals surface area (Å²) >= 11 is 1.56. The molecule has 0 fully saturated rings. The minimum absolute atomic E-state index is 0.459. The van der Waals surface area contributed by atoms with Gasteiger partial charge in [0.2, 0.25) is 5.13 Å². The highest BCUT2D eigenvalue weighted by atomic mass is 32.1. The fourth-order valence-electron chi connectivity index (χ4n) is 1.57. The van der Waals surface area contributed by atoms with E-state index in [1.54, 1.807) is 11.3 Å². The molecule has 0 amide bonds. The summed E-state index contributed by atoms with van der Waals surface area (Å²) in [4.78, 5) is 2.20. The number of hydrogen-bond donors (Lipinski definition) is 1. The maximum Gasteiger partial charge on any atom is 0.208 e. The molecule has 0 bridgehead atoms. The third-order valence-corrected chi connectivity index (χ3v) is 3.51. The molecule has 0 unspecified atom stereocenters. The first-order valence-electron chi connectivity index (χ1n) is 5.64. The SMILES string of the molecule is CCN(Cc1ccccc1)c1nnc(CN)s1. The van der Waals surface area contributed by atoms with Crippen LogP contribution in [0.25, 0.3) is 0 Å². The van der Waals surface area contributed by atoms with Crippen molar-refractivity contribution in [2.75, 3.05) is 11.4 Å². The molecule has 0 radical (unpaired) electrons. The first-order chi connectivity index (χ1) is 8.33. The summed E-state index contributed by atoms with van der Waals surface area (Å²) < 4.78 is 0. The number of aromatic nitrogens is 2. The summed E-state index contributed by atoms with van der Waals surface area (Å²) in [5, 5.41) is 10.0. The lowest BCUT2D eigenvalue weighted by atomic mass is 10.2. The van der Waals surface area contributed by atoms with Gasteiger partial charge in [-0.25, -0.2) is 0 Å². The van der Waals surface area contributed by atoms with Crippen LogP contribution in [-0.2, 0) is 13.1 Å². The number of rotatable bonds is 5. The van der Waals surface area contributed by atoms with Gasteiger partial charge in [-0.3, -0.25) is 0 Å². The standard InChI is InChI=1S/C12H16N4S/c1-2-16(9-10-6-4-3-5-7-10)12-15-14-11(8-13)17-12/h3-7H,2,8-9,13H2,1H3. The average molecular weight is 248 g/mol. The van der Waals surface area contributed by atoms with Crippen LogP contribution in [0, 0.1) is 0 Å². The third kappa shape index (κ3) is 3.01. The van der Waals surface area contributed by atoms with Gasteiger partial charge in [-0.05, 0) is 12.5 Å². The first-order valence-corrected chi connectivity index (χ1v) is 6.46. The highest BCUT2D eigenvalue weighted by Gasteiger charge is 2.10. The van der Waals surface area contributed by atoms with Crippen molar-refractivity contribution in [3.05, 3.63) is 40.9 Å². The van der Waals surface area contributed by atoms with Crippen LogP contribution in [0.4, 0.5) is 5.13 Å². The second-order valence-corrected chi connectivity index (χ2v) is 4.72. The molecule has 1 heterocycles. The van der Waals surface area contributed by atoms with E-state index in [1.807, 2.05) is 6.07 Å². The molecule has 5 heteroatoms. The Balaban J connectivity index is 2.11. The van der Waals surface area contributed by atoms with E-state index in [0.717, 1.165) is 23.2 Å². The maximum atomic E-state index is 5.55. The van der Waals surface area contributed by atoms with Gasteiger partial charge < -0.3 is 10.6 Å². The Bertz CT molecular complexity index is 455. The Kier molecular flexibility index (Phi) is 4.06. The highest BCUT2D eigenvalue weighted by molar-refractivity contribution is 7.15. The highest BCUT2D eigenvalue weighted by Crippen LogP contribution is 2.21. The summed E-state index contributed by atoms with van der Waals surface area (Å²) in [7, 11) is 0. The molecule has 2 rings (SSSR count). The zero-order valence-corrected chi connectivity index (χ0v) is 10.7. The van der Waals surface area contributed by atoms with E-state index in [0.29, 0.717) is 6.54 Å². The van der Waals surface area contributed by atoms with Gasteiger partial charge in [-0.1, -0.05) is 41.7 Å². The average Bonchev–Trinajstić information content (AvgIpc) is 2.86. The van der Waals surface area contributed by atoms with E-state index < -0.39 is 0 Å². The topological polar surface area (TPSA) is 55.0 Å². The molecule has 0 aliphatic carbocycles. The molecule has 2 N–H and O–H groups in total. The van der Waals surface area contributed by atoms with Crippen LogP contribution in [0.1, 0.15) is 17.5 Å². The molecule has 0 saturated heterocycles. The molecule has 17 heavy (non-hydrogen) atoms. The number of hydrogen-bond acceptors (Lipinski definition) is 5. The molecular weight excluding hydrogens is 232 g/mol. The molecule has 0 spiro atoms. The summed E-state index contributed by atoms with van der Waals surface area (Å²) in [6.45, 7) is 4.34. The molecule has 0 aliphatic heterocycles. The van der Waals surface area contributed by atoms with E-state index in [4.69, 9.17) is 5.73 Å². The lowest BCUT2D eigenvalue weighted by Gasteiger charge is -2.18. The second-order valence-electron chi connectivity index (χ2n) is 3.68. The molecule has 0 saturated carbocycles. The molecule has 0 aliphatic rings. The Morgan fingerprint density at radius 3 is 2.59 bits per heavy atom. The van der Waals surface area contributed by atoms with Crippen molar-refractivity contribution in [1.82, 2.24) is 10.2 Å². The number of benzene rings is 1. The van der Waals surface area contributed by atoms with Gasteiger partial charge in [0, 0.05) is 19.6 Å². The summed E-state index contributed by atoms with van der Waals surface area (Å²) in [6.07, 6.45) is 0. The second kappa shape index (κ2) is 5.75. The zero-order chi connectivity index (χ0) is 12.1. The van der Waals surface area contributed by atoms with Crippen molar-refractivity contribution in [2.45, 2.75) is 20.0 Å². The predicted octanol–water partition coefficient (Wildman–Crippen LogP) is 2.02. The quantitative estimate of drug-likeness (QED) is 0.879. The van der Waals surface area contributed by atoms with Gasteiger partial charge in [0.1, 0.15) is 5.01 Å². The minimum atomic E-state index is 0.459. The van der Waals surface area contributed by atoms with E-state index in [9.17, 15) is 0 Å².